The van der Waals surface area contributed by atoms with Crippen LogP contribution in [0.1, 0.15) is 40.5 Å². The zero-order chi connectivity index (χ0) is 29.1. The zero-order valence-electron chi connectivity index (χ0n) is 23.3. The van der Waals surface area contributed by atoms with E-state index in [0.29, 0.717) is 25.4 Å². The molecule has 0 bridgehead atoms. The number of hydrogen-bond acceptors (Lipinski definition) is 11. The minimum Gasteiger partial charge on any atom is -0.444 e. The Labute approximate surface area is 233 Å². The van der Waals surface area contributed by atoms with E-state index in [1.807, 2.05) is 0 Å². The number of nitrogens with two attached hydrogens (primary N) is 1. The Morgan fingerprint density at radius 3 is 2.62 bits per heavy atom. The Morgan fingerprint density at radius 1 is 1.15 bits per heavy atom. The minimum absolute atomic E-state index is 0.0189. The topological polar surface area (TPSA) is 170 Å². The highest BCUT2D eigenvalue weighted by Crippen LogP contribution is 2.31. The molecule has 1 aliphatic heterocycles. The van der Waals surface area contributed by atoms with E-state index in [4.69, 9.17) is 19.9 Å². The lowest BCUT2D eigenvalue weighted by atomic mass is 10.1. The number of hydrogen-bond donors (Lipinski definition) is 3. The molecule has 1 atom stereocenters. The van der Waals surface area contributed by atoms with E-state index in [0.717, 1.165) is 12.8 Å². The van der Waals surface area contributed by atoms with E-state index < -0.39 is 23.6 Å². The van der Waals surface area contributed by atoms with Crippen molar-refractivity contribution >= 4 is 41.0 Å². The number of alkyl carbamates (subject to hydrolysis) is 1. The number of anilines is 2. The molecule has 1 aliphatic rings. The number of nitrogens with zero attached hydrogens (tertiary/aromatic N) is 4. The van der Waals surface area contributed by atoms with Crippen LogP contribution < -0.4 is 21.1 Å². The van der Waals surface area contributed by atoms with Gasteiger partial charge in [-0.15, -0.1) is 10.2 Å². The largest absolute Gasteiger partial charge is 0.444 e. The number of pyridine rings is 1. The highest BCUT2D eigenvalue weighted by Gasteiger charge is 2.25. The molecule has 2 heterocycles. The number of azo groups is 1. The number of nitrogen functional groups attached to an aromatic ring is 1. The molecule has 1 aromatic carbocycles. The van der Waals surface area contributed by atoms with Crippen LogP contribution in [0.3, 0.4) is 0 Å². The first-order chi connectivity index (χ1) is 19.0. The maximum Gasteiger partial charge on any atom is 0.408 e. The predicted octanol–water partition coefficient (Wildman–Crippen LogP) is 3.95. The predicted molar refractivity (Wildman–Crippen MR) is 149 cm³/mol. The number of ether oxygens (including phenoxy) is 3. The van der Waals surface area contributed by atoms with Crippen molar-refractivity contribution in [3.05, 3.63) is 36.4 Å². The maximum atomic E-state index is 12.7. The van der Waals surface area contributed by atoms with Gasteiger partial charge in [-0.25, -0.2) is 9.78 Å². The molecule has 3 rings (SSSR count). The number of para-hydroxylation sites is 1. The fraction of sp³-hybridized carbons (Fsp3) is 0.481. The van der Waals surface area contributed by atoms with Crippen LogP contribution in [0.2, 0.25) is 0 Å². The molecule has 0 saturated carbocycles. The fourth-order valence-corrected chi connectivity index (χ4v) is 3.83. The van der Waals surface area contributed by atoms with Crippen LogP contribution in [0.5, 0.6) is 5.75 Å². The van der Waals surface area contributed by atoms with Gasteiger partial charge in [0, 0.05) is 12.6 Å². The monoisotopic (exact) mass is 555 g/mol. The van der Waals surface area contributed by atoms with E-state index in [2.05, 4.69) is 37.7 Å². The minimum atomic E-state index is -0.710. The summed E-state index contributed by atoms with van der Waals surface area (Å²) in [5.41, 5.74) is 5.92. The smallest absolute Gasteiger partial charge is 0.408 e. The van der Waals surface area contributed by atoms with Crippen molar-refractivity contribution in [1.82, 2.24) is 15.2 Å². The van der Waals surface area contributed by atoms with Gasteiger partial charge >= 0.3 is 12.1 Å². The molecule has 0 radical (unpaired) electrons. The van der Waals surface area contributed by atoms with Crippen LogP contribution in [-0.2, 0) is 19.1 Å². The molecule has 1 unspecified atom stereocenters. The van der Waals surface area contributed by atoms with Gasteiger partial charge in [-0.1, -0.05) is 25.5 Å². The standard InChI is InChI=1S/C27H37N7O6/c1-5-8-18-17-38-14-13-34(18)16-24(36)39-21-10-7-6-9-19(21)32-33-20-11-12-22(31-25(20)28)30-23(35)15-29-26(37)40-27(2,3)4/h6-7,9-12,18H,5,8,13-17H2,1-4H3,(H,29,37)(H3,28,30,31,35). The van der Waals surface area contributed by atoms with E-state index in [9.17, 15) is 14.4 Å². The molecule has 2 aromatic rings. The van der Waals surface area contributed by atoms with Crippen molar-refractivity contribution in [2.45, 2.75) is 52.2 Å². The second-order valence-electron chi connectivity index (χ2n) is 10.1. The Morgan fingerprint density at radius 2 is 1.90 bits per heavy atom. The maximum absolute atomic E-state index is 12.7. The fourth-order valence-electron chi connectivity index (χ4n) is 3.83. The van der Waals surface area contributed by atoms with E-state index in [1.165, 1.54) is 12.1 Å². The first-order valence-corrected chi connectivity index (χ1v) is 13.1. The van der Waals surface area contributed by atoms with Crippen molar-refractivity contribution in [1.29, 1.82) is 0 Å². The quantitative estimate of drug-likeness (QED) is 0.223. The molecule has 1 fully saturated rings. The molecule has 13 nitrogen and oxygen atoms in total. The van der Waals surface area contributed by atoms with Crippen LogP contribution in [0, 0.1) is 0 Å². The van der Waals surface area contributed by atoms with Gasteiger partial charge < -0.3 is 30.6 Å². The second kappa shape index (κ2) is 14.3. The highest BCUT2D eigenvalue weighted by molar-refractivity contribution is 5.93. The Balaban J connectivity index is 1.58. The molecule has 2 amide bonds. The summed E-state index contributed by atoms with van der Waals surface area (Å²) < 4.78 is 16.3. The van der Waals surface area contributed by atoms with Crippen molar-refractivity contribution in [3.8, 4) is 5.75 Å². The van der Waals surface area contributed by atoms with Gasteiger partial charge in [0.05, 0.1) is 19.8 Å². The van der Waals surface area contributed by atoms with Crippen molar-refractivity contribution in [2.75, 3.05) is 43.9 Å². The SMILES string of the molecule is CCCC1COCCN1CC(=O)Oc1ccccc1N=Nc1ccc(NC(=O)CNC(=O)OC(C)(C)C)nc1N. The molecule has 13 heteroatoms. The number of carbonyl (C=O) groups excluding carboxylic acids is 3. The Kier molecular flexibility index (Phi) is 10.9. The van der Waals surface area contributed by atoms with Crippen LogP contribution >= 0.6 is 0 Å². The summed E-state index contributed by atoms with van der Waals surface area (Å²) in [5, 5.41) is 13.2. The summed E-state index contributed by atoms with van der Waals surface area (Å²) >= 11 is 0. The molecule has 0 aliphatic carbocycles. The summed E-state index contributed by atoms with van der Waals surface area (Å²) in [5.74, 6) is -0.449. The van der Waals surface area contributed by atoms with Crippen molar-refractivity contribution in [2.24, 2.45) is 10.2 Å². The third kappa shape index (κ3) is 9.89. The molecule has 216 valence electrons. The first-order valence-electron chi connectivity index (χ1n) is 13.1. The van der Waals surface area contributed by atoms with Crippen LogP contribution in [0.25, 0.3) is 0 Å². The normalized spacial score (nSPS) is 15.9. The summed E-state index contributed by atoms with van der Waals surface area (Å²) in [6.45, 7) is 8.96. The van der Waals surface area contributed by atoms with Gasteiger partial charge in [-0.05, 0) is 51.5 Å². The number of rotatable bonds is 10. The van der Waals surface area contributed by atoms with Crippen LogP contribution in [0.15, 0.2) is 46.6 Å². The van der Waals surface area contributed by atoms with E-state index in [-0.39, 0.29) is 42.2 Å². The number of nitrogens with one attached hydrogen (secondary N) is 2. The van der Waals surface area contributed by atoms with Gasteiger partial charge in [0.15, 0.2) is 11.6 Å². The number of benzene rings is 1. The summed E-state index contributed by atoms with van der Waals surface area (Å²) in [4.78, 5) is 42.8. The molecular weight excluding hydrogens is 518 g/mol. The van der Waals surface area contributed by atoms with E-state index >= 15 is 0 Å². The molecule has 1 saturated heterocycles. The van der Waals surface area contributed by atoms with Gasteiger partial charge in [-0.2, -0.15) is 0 Å². The molecule has 0 spiro atoms. The lowest BCUT2D eigenvalue weighted by Gasteiger charge is -2.34. The first kappa shape index (κ1) is 30.4. The van der Waals surface area contributed by atoms with Gasteiger partial charge in [0.25, 0.3) is 0 Å². The molecular formula is C27H37N7O6. The van der Waals surface area contributed by atoms with Crippen molar-refractivity contribution in [3.63, 3.8) is 0 Å². The lowest BCUT2D eigenvalue weighted by molar-refractivity contribution is -0.138. The van der Waals surface area contributed by atoms with Gasteiger partial charge in [0.1, 0.15) is 29.3 Å². The number of carbonyl (C=O) groups is 3. The summed E-state index contributed by atoms with van der Waals surface area (Å²) in [6.07, 6.45) is 1.23. The molecule has 40 heavy (non-hydrogen) atoms. The van der Waals surface area contributed by atoms with Gasteiger partial charge in [0.2, 0.25) is 5.91 Å². The lowest BCUT2D eigenvalue weighted by Crippen LogP contribution is -2.48. The number of aromatic nitrogens is 1. The van der Waals surface area contributed by atoms with Crippen molar-refractivity contribution < 1.29 is 28.6 Å². The third-order valence-corrected chi connectivity index (χ3v) is 5.62. The van der Waals surface area contributed by atoms with Crippen LogP contribution in [0.4, 0.5) is 27.8 Å². The zero-order valence-corrected chi connectivity index (χ0v) is 23.3. The number of morpholine rings is 1. The summed E-state index contributed by atoms with van der Waals surface area (Å²) in [6, 6.07) is 10.0. The number of amides is 2. The number of esters is 1. The van der Waals surface area contributed by atoms with E-state index in [1.54, 1.807) is 45.0 Å². The average molecular weight is 556 g/mol. The Hall–Kier alpha value is -4.10. The second-order valence-corrected chi connectivity index (χ2v) is 10.1. The van der Waals surface area contributed by atoms with Crippen LogP contribution in [-0.4, -0.2) is 72.3 Å². The third-order valence-electron chi connectivity index (χ3n) is 5.62. The highest BCUT2D eigenvalue weighted by atomic mass is 16.6. The van der Waals surface area contributed by atoms with Gasteiger partial charge in [-0.3, -0.25) is 14.5 Å². The molecule has 4 N–H and O–H groups in total. The molecule has 1 aromatic heterocycles. The Bertz CT molecular complexity index is 1210. The summed E-state index contributed by atoms with van der Waals surface area (Å²) in [7, 11) is 0. The average Bonchev–Trinajstić information content (AvgIpc) is 2.88.